The molecule has 4 heteroatoms. The molecule has 0 aliphatic carbocycles. The maximum Gasteiger partial charge on any atom is 0.151 e. The van der Waals surface area contributed by atoms with Gasteiger partial charge in [-0.15, -0.1) is 0 Å². The van der Waals surface area contributed by atoms with Gasteiger partial charge in [-0.1, -0.05) is 23.4 Å². The van der Waals surface area contributed by atoms with E-state index in [0.29, 0.717) is 11.4 Å². The van der Waals surface area contributed by atoms with Gasteiger partial charge in [0.15, 0.2) is 5.71 Å². The van der Waals surface area contributed by atoms with Crippen LogP contribution in [0.3, 0.4) is 0 Å². The van der Waals surface area contributed by atoms with Crippen molar-refractivity contribution in [2.75, 3.05) is 6.54 Å². The summed E-state index contributed by atoms with van der Waals surface area (Å²) in [6.45, 7) is 0.734. The zero-order chi connectivity index (χ0) is 10.5. The SMILES string of the molecule is O/N=C(/C1=CC=CCN1)c1ccccn1. The van der Waals surface area contributed by atoms with Gasteiger partial charge in [-0.3, -0.25) is 4.98 Å². The Kier molecular flexibility index (Phi) is 2.78. The van der Waals surface area contributed by atoms with E-state index < -0.39 is 0 Å². The van der Waals surface area contributed by atoms with Crippen LogP contribution in [-0.4, -0.2) is 22.4 Å². The number of dihydropyridines is 1. The number of pyridine rings is 1. The molecule has 0 aromatic carbocycles. The molecular weight excluding hydrogens is 190 g/mol. The Labute approximate surface area is 87.6 Å². The standard InChI is InChI=1S/C11H11N3O/c15-14-11(9-5-1-3-7-12-9)10-6-2-4-8-13-10/h1-7,13,15H,8H2/b14-11+. The first-order valence-electron chi connectivity index (χ1n) is 4.66. The fraction of sp³-hybridized carbons (Fsp3) is 0.0909. The van der Waals surface area contributed by atoms with E-state index in [1.54, 1.807) is 12.3 Å². The third kappa shape index (κ3) is 2.04. The van der Waals surface area contributed by atoms with E-state index in [4.69, 9.17) is 5.21 Å². The van der Waals surface area contributed by atoms with Crippen molar-refractivity contribution in [3.8, 4) is 0 Å². The highest BCUT2D eigenvalue weighted by molar-refractivity contribution is 6.10. The van der Waals surface area contributed by atoms with Crippen molar-refractivity contribution in [3.63, 3.8) is 0 Å². The van der Waals surface area contributed by atoms with Crippen LogP contribution in [-0.2, 0) is 0 Å². The summed E-state index contributed by atoms with van der Waals surface area (Å²) < 4.78 is 0. The topological polar surface area (TPSA) is 57.5 Å². The molecule has 0 spiro atoms. The average molecular weight is 201 g/mol. The molecule has 2 rings (SSSR count). The Hall–Kier alpha value is -2.10. The summed E-state index contributed by atoms with van der Waals surface area (Å²) in [6, 6.07) is 5.48. The molecule has 2 N–H and O–H groups in total. The van der Waals surface area contributed by atoms with Crippen LogP contribution in [0.15, 0.2) is 53.5 Å². The van der Waals surface area contributed by atoms with E-state index in [1.807, 2.05) is 30.4 Å². The summed E-state index contributed by atoms with van der Waals surface area (Å²) in [5.41, 5.74) is 1.88. The third-order valence-electron chi connectivity index (χ3n) is 2.07. The van der Waals surface area contributed by atoms with Crippen LogP contribution >= 0.6 is 0 Å². The van der Waals surface area contributed by atoms with Crippen molar-refractivity contribution in [2.45, 2.75) is 0 Å². The second-order valence-corrected chi connectivity index (χ2v) is 3.05. The molecule has 0 saturated carbocycles. The molecule has 0 saturated heterocycles. The van der Waals surface area contributed by atoms with E-state index in [1.165, 1.54) is 0 Å². The van der Waals surface area contributed by atoms with Gasteiger partial charge in [0.1, 0.15) is 0 Å². The molecule has 0 radical (unpaired) electrons. The Morgan fingerprint density at radius 2 is 2.40 bits per heavy atom. The summed E-state index contributed by atoms with van der Waals surface area (Å²) in [5.74, 6) is 0. The number of aromatic nitrogens is 1. The van der Waals surface area contributed by atoms with E-state index in [-0.39, 0.29) is 0 Å². The van der Waals surface area contributed by atoms with Crippen molar-refractivity contribution in [1.82, 2.24) is 10.3 Å². The van der Waals surface area contributed by atoms with Crippen molar-refractivity contribution < 1.29 is 5.21 Å². The molecule has 4 nitrogen and oxygen atoms in total. The van der Waals surface area contributed by atoms with Crippen LogP contribution < -0.4 is 5.32 Å². The molecular formula is C11H11N3O. The number of hydrogen-bond acceptors (Lipinski definition) is 4. The highest BCUT2D eigenvalue weighted by Crippen LogP contribution is 2.06. The second kappa shape index (κ2) is 4.41. The molecule has 0 unspecified atom stereocenters. The lowest BCUT2D eigenvalue weighted by Gasteiger charge is -2.12. The van der Waals surface area contributed by atoms with E-state index in [9.17, 15) is 0 Å². The first-order valence-corrected chi connectivity index (χ1v) is 4.66. The van der Waals surface area contributed by atoms with Crippen LogP contribution in [0.5, 0.6) is 0 Å². The second-order valence-electron chi connectivity index (χ2n) is 3.05. The summed E-state index contributed by atoms with van der Waals surface area (Å²) in [7, 11) is 0. The summed E-state index contributed by atoms with van der Waals surface area (Å²) in [4.78, 5) is 4.13. The van der Waals surface area contributed by atoms with E-state index in [0.717, 1.165) is 12.2 Å². The van der Waals surface area contributed by atoms with Crippen molar-refractivity contribution >= 4 is 5.71 Å². The maximum atomic E-state index is 8.97. The zero-order valence-corrected chi connectivity index (χ0v) is 8.09. The fourth-order valence-corrected chi connectivity index (χ4v) is 1.37. The largest absolute Gasteiger partial charge is 0.410 e. The molecule has 0 atom stereocenters. The Balaban J connectivity index is 2.33. The van der Waals surface area contributed by atoms with Gasteiger partial charge < -0.3 is 10.5 Å². The zero-order valence-electron chi connectivity index (χ0n) is 8.09. The molecule has 2 heterocycles. The number of nitrogens with one attached hydrogen (secondary N) is 1. The van der Waals surface area contributed by atoms with Gasteiger partial charge in [0.2, 0.25) is 0 Å². The fourth-order valence-electron chi connectivity index (χ4n) is 1.37. The summed E-state index contributed by atoms with van der Waals surface area (Å²) in [6.07, 6.45) is 7.42. The number of hydrogen-bond donors (Lipinski definition) is 2. The first-order chi connectivity index (χ1) is 7.42. The number of rotatable bonds is 2. The summed E-state index contributed by atoms with van der Waals surface area (Å²) in [5, 5.41) is 15.4. The lowest BCUT2D eigenvalue weighted by molar-refractivity contribution is 0.319. The minimum Gasteiger partial charge on any atom is -0.410 e. The normalized spacial score (nSPS) is 15.7. The molecule has 15 heavy (non-hydrogen) atoms. The maximum absolute atomic E-state index is 8.97. The van der Waals surface area contributed by atoms with E-state index >= 15 is 0 Å². The smallest absolute Gasteiger partial charge is 0.151 e. The van der Waals surface area contributed by atoms with Crippen molar-refractivity contribution in [2.24, 2.45) is 5.16 Å². The van der Waals surface area contributed by atoms with Crippen LogP contribution in [0.4, 0.5) is 0 Å². The molecule has 1 aromatic heterocycles. The van der Waals surface area contributed by atoms with Gasteiger partial charge in [0.25, 0.3) is 0 Å². The molecule has 1 aliphatic rings. The van der Waals surface area contributed by atoms with Gasteiger partial charge in [-0.25, -0.2) is 0 Å². The Morgan fingerprint density at radius 1 is 1.47 bits per heavy atom. The minimum absolute atomic E-state index is 0.458. The van der Waals surface area contributed by atoms with Crippen LogP contribution in [0.1, 0.15) is 5.69 Å². The number of oxime groups is 1. The molecule has 0 fully saturated rings. The lowest BCUT2D eigenvalue weighted by atomic mass is 10.1. The first kappa shape index (κ1) is 9.45. The molecule has 1 aromatic rings. The lowest BCUT2D eigenvalue weighted by Crippen LogP contribution is -2.23. The van der Waals surface area contributed by atoms with Gasteiger partial charge in [-0.2, -0.15) is 0 Å². The van der Waals surface area contributed by atoms with Crippen LogP contribution in [0.25, 0.3) is 0 Å². The van der Waals surface area contributed by atoms with Crippen LogP contribution in [0, 0.1) is 0 Å². The monoisotopic (exact) mass is 201 g/mol. The quantitative estimate of drug-likeness (QED) is 0.431. The molecule has 76 valence electrons. The minimum atomic E-state index is 0.458. The van der Waals surface area contributed by atoms with E-state index in [2.05, 4.69) is 15.5 Å². The van der Waals surface area contributed by atoms with Crippen molar-refractivity contribution in [3.05, 3.63) is 54.0 Å². The average Bonchev–Trinajstić information content (AvgIpc) is 2.33. The van der Waals surface area contributed by atoms with Gasteiger partial charge >= 0.3 is 0 Å². The van der Waals surface area contributed by atoms with Gasteiger partial charge in [0, 0.05) is 12.7 Å². The highest BCUT2D eigenvalue weighted by atomic mass is 16.4. The third-order valence-corrected chi connectivity index (χ3v) is 2.07. The summed E-state index contributed by atoms with van der Waals surface area (Å²) >= 11 is 0. The Bertz CT molecular complexity index is 421. The highest BCUT2D eigenvalue weighted by Gasteiger charge is 2.11. The van der Waals surface area contributed by atoms with Gasteiger partial charge in [0.05, 0.1) is 11.4 Å². The molecule has 0 amide bonds. The Morgan fingerprint density at radius 3 is 3.00 bits per heavy atom. The number of allylic oxidation sites excluding steroid dienone is 3. The molecule has 0 bridgehead atoms. The predicted octanol–water partition coefficient (Wildman–Crippen LogP) is 1.30. The predicted molar refractivity (Wildman–Crippen MR) is 57.8 cm³/mol. The van der Waals surface area contributed by atoms with Gasteiger partial charge in [-0.05, 0) is 18.2 Å². The van der Waals surface area contributed by atoms with Crippen molar-refractivity contribution in [1.29, 1.82) is 0 Å². The molecule has 1 aliphatic heterocycles. The van der Waals surface area contributed by atoms with Crippen LogP contribution in [0.2, 0.25) is 0 Å². The number of nitrogens with zero attached hydrogens (tertiary/aromatic N) is 2.